The van der Waals surface area contributed by atoms with Gasteiger partial charge in [-0.1, -0.05) is 11.3 Å². The zero-order chi connectivity index (χ0) is 8.72. The van der Waals surface area contributed by atoms with Crippen molar-refractivity contribution in [1.82, 2.24) is 10.3 Å². The van der Waals surface area contributed by atoms with Gasteiger partial charge in [0, 0.05) is 5.38 Å². The van der Waals surface area contributed by atoms with Crippen LogP contribution in [0.25, 0.3) is 0 Å². The van der Waals surface area contributed by atoms with Crippen molar-refractivity contribution in [2.24, 2.45) is 5.73 Å². The highest BCUT2D eigenvalue weighted by atomic mass is 32.1. The Kier molecular flexibility index (Phi) is 1.52. The van der Waals surface area contributed by atoms with Crippen molar-refractivity contribution in [2.75, 3.05) is 0 Å². The molecule has 2 unspecified atom stereocenters. The number of aromatic amines is 1. The van der Waals surface area contributed by atoms with Gasteiger partial charge in [-0.25, -0.2) is 0 Å². The largest absolute Gasteiger partial charge is 0.344 e. The second-order valence-corrected chi connectivity index (χ2v) is 3.46. The molecular weight excluding hydrogens is 178 g/mol. The van der Waals surface area contributed by atoms with Crippen molar-refractivity contribution in [3.63, 3.8) is 0 Å². The highest BCUT2D eigenvalue weighted by Crippen LogP contribution is 2.20. The number of rotatable bonds is 1. The van der Waals surface area contributed by atoms with Gasteiger partial charge in [0.05, 0.1) is 11.7 Å². The van der Waals surface area contributed by atoms with Gasteiger partial charge >= 0.3 is 4.87 Å². The van der Waals surface area contributed by atoms with E-state index in [9.17, 15) is 9.59 Å². The van der Waals surface area contributed by atoms with Crippen LogP contribution in [-0.4, -0.2) is 16.9 Å². The summed E-state index contributed by atoms with van der Waals surface area (Å²) in [4.78, 5) is 23.9. The summed E-state index contributed by atoms with van der Waals surface area (Å²) in [7, 11) is 0. The van der Waals surface area contributed by atoms with Crippen molar-refractivity contribution in [1.29, 1.82) is 0 Å². The maximum atomic E-state index is 10.7. The second-order valence-electron chi connectivity index (χ2n) is 2.62. The second kappa shape index (κ2) is 2.43. The lowest BCUT2D eigenvalue weighted by atomic mass is 9.98. The van der Waals surface area contributed by atoms with E-state index in [1.165, 1.54) is 0 Å². The summed E-state index contributed by atoms with van der Waals surface area (Å²) in [5.41, 5.74) is 6.17. The molecule has 1 aromatic rings. The summed E-state index contributed by atoms with van der Waals surface area (Å²) in [6.07, 6.45) is 0. The minimum absolute atomic E-state index is 0.127. The van der Waals surface area contributed by atoms with Crippen LogP contribution in [0.3, 0.4) is 0 Å². The number of β-lactam (4-membered cyclic amide) rings is 1. The van der Waals surface area contributed by atoms with Gasteiger partial charge in [0.25, 0.3) is 0 Å². The van der Waals surface area contributed by atoms with Crippen LogP contribution >= 0.6 is 11.3 Å². The molecule has 1 aliphatic heterocycles. The van der Waals surface area contributed by atoms with Crippen LogP contribution in [0.2, 0.25) is 0 Å². The zero-order valence-corrected chi connectivity index (χ0v) is 6.85. The third-order valence-electron chi connectivity index (χ3n) is 1.83. The van der Waals surface area contributed by atoms with Crippen LogP contribution in [-0.2, 0) is 4.79 Å². The van der Waals surface area contributed by atoms with Crippen molar-refractivity contribution in [3.05, 3.63) is 20.7 Å². The van der Waals surface area contributed by atoms with E-state index in [0.29, 0.717) is 5.69 Å². The Morgan fingerprint density at radius 2 is 2.25 bits per heavy atom. The Bertz CT molecular complexity index is 369. The Morgan fingerprint density at radius 1 is 1.50 bits per heavy atom. The van der Waals surface area contributed by atoms with Crippen LogP contribution in [0.1, 0.15) is 11.7 Å². The fraction of sp³-hybridized carbons (Fsp3) is 0.333. The average Bonchev–Trinajstić information content (AvgIpc) is 2.46. The van der Waals surface area contributed by atoms with Crippen LogP contribution in [0.4, 0.5) is 0 Å². The van der Waals surface area contributed by atoms with Gasteiger partial charge in [-0.2, -0.15) is 0 Å². The summed E-state index contributed by atoms with van der Waals surface area (Å²) in [5.74, 6) is -0.174. The van der Waals surface area contributed by atoms with Crippen molar-refractivity contribution in [2.45, 2.75) is 12.1 Å². The molecule has 0 saturated carbocycles. The van der Waals surface area contributed by atoms with Gasteiger partial charge in [0.2, 0.25) is 5.91 Å². The first kappa shape index (κ1) is 7.51. The Morgan fingerprint density at radius 3 is 2.67 bits per heavy atom. The molecule has 1 aromatic heterocycles. The minimum atomic E-state index is -0.518. The molecule has 2 rings (SSSR count). The number of carbonyl (C=O) groups is 1. The first-order valence-electron chi connectivity index (χ1n) is 3.42. The smallest absolute Gasteiger partial charge is 0.304 e. The molecule has 0 aliphatic carbocycles. The van der Waals surface area contributed by atoms with Gasteiger partial charge in [0.1, 0.15) is 6.04 Å². The van der Waals surface area contributed by atoms with E-state index in [0.717, 1.165) is 11.3 Å². The highest BCUT2D eigenvalue weighted by molar-refractivity contribution is 7.07. The summed E-state index contributed by atoms with van der Waals surface area (Å²) in [6, 6.07) is -0.730. The number of hydrogen-bond donors (Lipinski definition) is 3. The lowest BCUT2D eigenvalue weighted by molar-refractivity contribution is -0.130. The third-order valence-corrected chi connectivity index (χ3v) is 2.52. The van der Waals surface area contributed by atoms with Gasteiger partial charge in [-0.3, -0.25) is 9.59 Å². The molecule has 2 atom stereocenters. The summed E-state index contributed by atoms with van der Waals surface area (Å²) in [5, 5.41) is 4.27. The van der Waals surface area contributed by atoms with Gasteiger partial charge in [0.15, 0.2) is 0 Å². The average molecular weight is 185 g/mol. The quantitative estimate of drug-likeness (QED) is 0.487. The van der Waals surface area contributed by atoms with Crippen molar-refractivity contribution >= 4 is 17.2 Å². The molecule has 4 N–H and O–H groups in total. The summed E-state index contributed by atoms with van der Waals surface area (Å²) < 4.78 is 0. The van der Waals surface area contributed by atoms with Crippen LogP contribution in [0.5, 0.6) is 0 Å². The Hall–Kier alpha value is -1.14. The molecular formula is C6H7N3O2S. The SMILES string of the molecule is NC1C(=O)NC1c1csc(=O)[nH]1. The molecule has 0 bridgehead atoms. The van der Waals surface area contributed by atoms with Gasteiger partial charge < -0.3 is 16.0 Å². The molecule has 1 saturated heterocycles. The number of thiazole rings is 1. The predicted octanol–water partition coefficient (Wildman–Crippen LogP) is -1.07. The maximum Gasteiger partial charge on any atom is 0.304 e. The molecule has 0 spiro atoms. The highest BCUT2D eigenvalue weighted by Gasteiger charge is 2.37. The monoisotopic (exact) mass is 185 g/mol. The Labute approximate surface area is 71.6 Å². The molecule has 0 radical (unpaired) electrons. The lowest BCUT2D eigenvalue weighted by Gasteiger charge is -2.32. The first-order chi connectivity index (χ1) is 5.68. The molecule has 5 nitrogen and oxygen atoms in total. The molecule has 12 heavy (non-hydrogen) atoms. The molecule has 1 amide bonds. The molecule has 2 heterocycles. The lowest BCUT2D eigenvalue weighted by Crippen LogP contribution is -2.60. The third kappa shape index (κ3) is 0.961. The topological polar surface area (TPSA) is 88.0 Å². The van der Waals surface area contributed by atoms with Crippen LogP contribution in [0, 0.1) is 0 Å². The molecule has 0 aromatic carbocycles. The zero-order valence-electron chi connectivity index (χ0n) is 6.03. The Balaban J connectivity index is 2.23. The number of H-pyrrole nitrogens is 1. The summed E-state index contributed by atoms with van der Waals surface area (Å²) >= 11 is 1.07. The van der Waals surface area contributed by atoms with E-state index >= 15 is 0 Å². The van der Waals surface area contributed by atoms with E-state index in [-0.39, 0.29) is 16.8 Å². The van der Waals surface area contributed by atoms with Crippen LogP contribution < -0.4 is 15.9 Å². The predicted molar refractivity (Wildman–Crippen MR) is 43.8 cm³/mol. The van der Waals surface area contributed by atoms with E-state index in [2.05, 4.69) is 10.3 Å². The van der Waals surface area contributed by atoms with Gasteiger partial charge in [-0.15, -0.1) is 0 Å². The molecule has 1 fully saturated rings. The standard InChI is InChI=1S/C6H7N3O2S/c7-3-4(9-5(3)10)2-1-12-6(11)8-2/h1,3-4H,7H2,(H,8,11)(H,9,10). The normalized spacial score (nSPS) is 27.9. The molecule has 1 aliphatic rings. The maximum absolute atomic E-state index is 10.7. The van der Waals surface area contributed by atoms with E-state index in [1.54, 1.807) is 5.38 Å². The number of carbonyl (C=O) groups excluding carboxylic acids is 1. The van der Waals surface area contributed by atoms with E-state index < -0.39 is 6.04 Å². The van der Waals surface area contributed by atoms with E-state index in [1.807, 2.05) is 0 Å². The number of aromatic nitrogens is 1. The number of hydrogen-bond acceptors (Lipinski definition) is 4. The fourth-order valence-electron chi connectivity index (χ4n) is 1.11. The molecule has 64 valence electrons. The number of nitrogens with one attached hydrogen (secondary N) is 2. The van der Waals surface area contributed by atoms with Crippen molar-refractivity contribution < 1.29 is 4.79 Å². The van der Waals surface area contributed by atoms with E-state index in [4.69, 9.17) is 5.73 Å². The van der Waals surface area contributed by atoms with Gasteiger partial charge in [-0.05, 0) is 0 Å². The first-order valence-corrected chi connectivity index (χ1v) is 4.30. The molecule has 6 heteroatoms. The number of amides is 1. The minimum Gasteiger partial charge on any atom is -0.344 e. The fourth-order valence-corrected chi connectivity index (χ4v) is 1.73. The van der Waals surface area contributed by atoms with Crippen LogP contribution in [0.15, 0.2) is 10.2 Å². The number of nitrogens with two attached hydrogens (primary N) is 1. The van der Waals surface area contributed by atoms with Crippen molar-refractivity contribution in [3.8, 4) is 0 Å². The summed E-state index contributed by atoms with van der Waals surface area (Å²) in [6.45, 7) is 0.